The van der Waals surface area contributed by atoms with E-state index in [9.17, 15) is 4.79 Å². The first kappa shape index (κ1) is 21.5. The summed E-state index contributed by atoms with van der Waals surface area (Å²) in [6.45, 7) is 5.48. The van der Waals surface area contributed by atoms with E-state index in [1.54, 1.807) is 12.1 Å². The molecule has 0 spiro atoms. The Bertz CT molecular complexity index is 480. The lowest BCUT2D eigenvalue weighted by Gasteiger charge is -2.32. The predicted molar refractivity (Wildman–Crippen MR) is 100 cm³/mol. The van der Waals surface area contributed by atoms with Crippen LogP contribution in [0.1, 0.15) is 36.5 Å². The molecule has 1 aliphatic rings. The van der Waals surface area contributed by atoms with E-state index in [0.29, 0.717) is 11.3 Å². The summed E-state index contributed by atoms with van der Waals surface area (Å²) < 4.78 is 0.888. The predicted octanol–water partition coefficient (Wildman–Crippen LogP) is 3.48. The van der Waals surface area contributed by atoms with E-state index in [2.05, 4.69) is 33.1 Å². The van der Waals surface area contributed by atoms with Crippen LogP contribution in [0.2, 0.25) is 0 Å². The number of nitrogens with zero attached hydrogens (tertiary/aromatic N) is 1. The van der Waals surface area contributed by atoms with E-state index in [0.717, 1.165) is 36.9 Å². The van der Waals surface area contributed by atoms with Gasteiger partial charge in [-0.3, -0.25) is 4.79 Å². The molecule has 4 nitrogen and oxygen atoms in total. The number of nitrogens with one attached hydrogen (secondary N) is 1. The Kier molecular flexibility index (Phi) is 10.1. The fourth-order valence-electron chi connectivity index (χ4n) is 2.62. The highest BCUT2D eigenvalue weighted by atomic mass is 79.9. The maximum Gasteiger partial charge on any atom is 0.253 e. The molecular formula is C15H24BrCl2N3O. The molecule has 22 heavy (non-hydrogen) atoms. The molecule has 1 aliphatic heterocycles. The number of nitrogen functional groups attached to an aromatic ring is 1. The Morgan fingerprint density at radius 2 is 2.00 bits per heavy atom. The Morgan fingerprint density at radius 3 is 2.55 bits per heavy atom. The van der Waals surface area contributed by atoms with E-state index >= 15 is 0 Å². The SMILES string of the molecule is CCCN1CCC(NC(=O)c2ccc(Br)cc2N)CC1.Cl.Cl. The zero-order valence-corrected chi connectivity index (χ0v) is 15.9. The van der Waals surface area contributed by atoms with E-state index in [-0.39, 0.29) is 36.8 Å². The second-order valence-corrected chi connectivity index (χ2v) is 6.24. The largest absolute Gasteiger partial charge is 0.398 e. The number of piperidine rings is 1. The molecule has 1 aromatic carbocycles. The summed E-state index contributed by atoms with van der Waals surface area (Å²) in [6.07, 6.45) is 3.22. The van der Waals surface area contributed by atoms with Crippen molar-refractivity contribution in [1.29, 1.82) is 0 Å². The van der Waals surface area contributed by atoms with Gasteiger partial charge in [0.1, 0.15) is 0 Å². The topological polar surface area (TPSA) is 58.4 Å². The van der Waals surface area contributed by atoms with Gasteiger partial charge < -0.3 is 16.0 Å². The second-order valence-electron chi connectivity index (χ2n) is 5.32. The Balaban J connectivity index is 0.00000220. The molecule has 0 atom stereocenters. The minimum Gasteiger partial charge on any atom is -0.398 e. The molecule has 1 saturated heterocycles. The van der Waals surface area contributed by atoms with Crippen LogP contribution in [0.3, 0.4) is 0 Å². The number of benzene rings is 1. The lowest BCUT2D eigenvalue weighted by atomic mass is 10.0. The van der Waals surface area contributed by atoms with Crippen molar-refractivity contribution in [3.05, 3.63) is 28.2 Å². The number of halogens is 3. The van der Waals surface area contributed by atoms with Crippen molar-refractivity contribution in [3.63, 3.8) is 0 Å². The van der Waals surface area contributed by atoms with Gasteiger partial charge in [0.25, 0.3) is 5.91 Å². The molecule has 0 aromatic heterocycles. The molecule has 1 aromatic rings. The number of carbonyl (C=O) groups excluding carboxylic acids is 1. The van der Waals surface area contributed by atoms with E-state index < -0.39 is 0 Å². The van der Waals surface area contributed by atoms with Gasteiger partial charge in [0.15, 0.2) is 0 Å². The molecule has 1 fully saturated rings. The highest BCUT2D eigenvalue weighted by Gasteiger charge is 2.21. The van der Waals surface area contributed by atoms with Crippen molar-refractivity contribution in [2.75, 3.05) is 25.4 Å². The van der Waals surface area contributed by atoms with Gasteiger partial charge >= 0.3 is 0 Å². The van der Waals surface area contributed by atoms with Gasteiger partial charge in [0.2, 0.25) is 0 Å². The maximum atomic E-state index is 12.2. The van der Waals surface area contributed by atoms with E-state index in [4.69, 9.17) is 5.73 Å². The van der Waals surface area contributed by atoms with Crippen molar-refractivity contribution in [3.8, 4) is 0 Å². The first-order chi connectivity index (χ1) is 9.60. The minimum absolute atomic E-state index is 0. The third-order valence-electron chi connectivity index (χ3n) is 3.72. The fraction of sp³-hybridized carbons (Fsp3) is 0.533. The highest BCUT2D eigenvalue weighted by molar-refractivity contribution is 9.10. The molecule has 0 aliphatic carbocycles. The quantitative estimate of drug-likeness (QED) is 0.744. The van der Waals surface area contributed by atoms with Crippen LogP contribution in [-0.4, -0.2) is 36.5 Å². The van der Waals surface area contributed by atoms with Crippen molar-refractivity contribution < 1.29 is 4.79 Å². The zero-order chi connectivity index (χ0) is 14.5. The number of nitrogens with two attached hydrogens (primary N) is 1. The molecule has 1 heterocycles. The lowest BCUT2D eigenvalue weighted by Crippen LogP contribution is -2.44. The number of hydrogen-bond donors (Lipinski definition) is 2. The second kappa shape index (κ2) is 10.3. The molecule has 2 rings (SSSR count). The van der Waals surface area contributed by atoms with Gasteiger partial charge in [-0.05, 0) is 44.0 Å². The zero-order valence-electron chi connectivity index (χ0n) is 12.7. The van der Waals surface area contributed by atoms with Crippen LogP contribution < -0.4 is 11.1 Å². The molecule has 0 saturated carbocycles. The van der Waals surface area contributed by atoms with Crippen molar-refractivity contribution in [2.45, 2.75) is 32.2 Å². The number of amides is 1. The smallest absolute Gasteiger partial charge is 0.253 e. The van der Waals surface area contributed by atoms with Crippen LogP contribution in [0.4, 0.5) is 5.69 Å². The summed E-state index contributed by atoms with van der Waals surface area (Å²) in [6, 6.07) is 5.63. The first-order valence-electron chi connectivity index (χ1n) is 7.18. The maximum absolute atomic E-state index is 12.2. The van der Waals surface area contributed by atoms with Crippen LogP contribution >= 0.6 is 40.7 Å². The third kappa shape index (κ3) is 5.95. The van der Waals surface area contributed by atoms with Crippen LogP contribution in [0.15, 0.2) is 22.7 Å². The molecule has 126 valence electrons. The van der Waals surface area contributed by atoms with E-state index in [1.165, 1.54) is 6.42 Å². The summed E-state index contributed by atoms with van der Waals surface area (Å²) in [5.41, 5.74) is 6.96. The van der Waals surface area contributed by atoms with Gasteiger partial charge in [-0.1, -0.05) is 22.9 Å². The van der Waals surface area contributed by atoms with Gasteiger partial charge in [0, 0.05) is 29.3 Å². The van der Waals surface area contributed by atoms with Crippen LogP contribution in [0.5, 0.6) is 0 Å². The summed E-state index contributed by atoms with van der Waals surface area (Å²) in [7, 11) is 0. The van der Waals surface area contributed by atoms with Crippen molar-refractivity contribution >= 4 is 52.3 Å². The molecule has 1 amide bonds. The van der Waals surface area contributed by atoms with Crippen LogP contribution in [0.25, 0.3) is 0 Å². The summed E-state index contributed by atoms with van der Waals surface area (Å²) in [5.74, 6) is -0.0658. The van der Waals surface area contributed by atoms with Gasteiger partial charge in [-0.25, -0.2) is 0 Å². The number of likely N-dealkylation sites (tertiary alicyclic amines) is 1. The summed E-state index contributed by atoms with van der Waals surface area (Å²) in [5, 5.41) is 3.10. The molecule has 0 radical (unpaired) electrons. The highest BCUT2D eigenvalue weighted by Crippen LogP contribution is 2.19. The van der Waals surface area contributed by atoms with Crippen LogP contribution in [0, 0.1) is 0 Å². The van der Waals surface area contributed by atoms with Crippen molar-refractivity contribution in [2.24, 2.45) is 0 Å². The molecular weight excluding hydrogens is 389 g/mol. The number of hydrogen-bond acceptors (Lipinski definition) is 3. The lowest BCUT2D eigenvalue weighted by molar-refractivity contribution is 0.0912. The Morgan fingerprint density at radius 1 is 1.36 bits per heavy atom. The summed E-state index contributed by atoms with van der Waals surface area (Å²) >= 11 is 3.35. The number of rotatable bonds is 4. The standard InChI is InChI=1S/C15H22BrN3O.2ClH/c1-2-7-19-8-5-12(6-9-19)18-15(20)13-4-3-11(16)10-14(13)17;;/h3-4,10,12H,2,5-9,17H2,1H3,(H,18,20);2*1H. The molecule has 3 N–H and O–H groups in total. The number of anilines is 1. The summed E-state index contributed by atoms with van der Waals surface area (Å²) in [4.78, 5) is 14.7. The van der Waals surface area contributed by atoms with E-state index in [1.807, 2.05) is 6.07 Å². The first-order valence-corrected chi connectivity index (χ1v) is 7.97. The average molecular weight is 413 g/mol. The van der Waals surface area contributed by atoms with Gasteiger partial charge in [0.05, 0.1) is 5.56 Å². The Hall–Kier alpha value is -0.490. The number of carbonyl (C=O) groups is 1. The van der Waals surface area contributed by atoms with Crippen LogP contribution in [-0.2, 0) is 0 Å². The average Bonchev–Trinajstić information content (AvgIpc) is 2.41. The monoisotopic (exact) mass is 411 g/mol. The molecule has 0 unspecified atom stereocenters. The Labute approximate surface area is 153 Å². The minimum atomic E-state index is -0.0658. The van der Waals surface area contributed by atoms with Gasteiger partial charge in [-0.15, -0.1) is 24.8 Å². The molecule has 0 bridgehead atoms. The van der Waals surface area contributed by atoms with Gasteiger partial charge in [-0.2, -0.15) is 0 Å². The van der Waals surface area contributed by atoms with Crippen molar-refractivity contribution in [1.82, 2.24) is 10.2 Å². The normalized spacial score (nSPS) is 15.5. The third-order valence-corrected chi connectivity index (χ3v) is 4.21. The molecule has 7 heteroatoms. The fourth-order valence-corrected chi connectivity index (χ4v) is 3.00.